The number of nitrogens with one attached hydrogen (secondary N) is 1. The molecule has 0 spiro atoms. The van der Waals surface area contributed by atoms with Crippen LogP contribution in [0.15, 0.2) is 46.9 Å². The van der Waals surface area contributed by atoms with E-state index in [4.69, 9.17) is 9.47 Å². The number of ether oxygens (including phenoxy) is 2. The Morgan fingerprint density at radius 2 is 1.78 bits per heavy atom. The first-order chi connectivity index (χ1) is 17.3. The van der Waals surface area contributed by atoms with Crippen molar-refractivity contribution in [3.05, 3.63) is 58.1 Å². The summed E-state index contributed by atoms with van der Waals surface area (Å²) in [5.41, 5.74) is 2.11. The summed E-state index contributed by atoms with van der Waals surface area (Å²) in [6.45, 7) is 6.37. The summed E-state index contributed by atoms with van der Waals surface area (Å²) in [5.74, 6) is 1.43. The maximum atomic E-state index is 13.5. The minimum absolute atomic E-state index is 0.0891. The third-order valence-electron chi connectivity index (χ3n) is 6.82. The zero-order chi connectivity index (χ0) is 26.1. The topological polar surface area (TPSA) is 67.9 Å². The highest BCUT2D eigenvalue weighted by Gasteiger charge is 2.30. The maximum absolute atomic E-state index is 13.5. The number of carbonyl (C=O) groups is 2. The molecule has 0 aliphatic heterocycles. The quantitative estimate of drug-likeness (QED) is 0.355. The van der Waals surface area contributed by atoms with E-state index in [9.17, 15) is 9.59 Å². The van der Waals surface area contributed by atoms with Crippen LogP contribution in [0.2, 0.25) is 0 Å². The maximum Gasteiger partial charge on any atom is 0.261 e. The summed E-state index contributed by atoms with van der Waals surface area (Å²) in [6, 6.07) is 13.1. The Hall–Kier alpha value is -2.54. The van der Waals surface area contributed by atoms with E-state index in [1.54, 1.807) is 12.0 Å². The Labute approximate surface area is 223 Å². The SMILES string of the molecule is CC[C@H](C(=O)NC1CCCCC1)N(Cc1ccc(OC)cc1)C(=O)COc1ccc(C(C)C)cc1Br. The minimum atomic E-state index is -0.572. The van der Waals surface area contributed by atoms with Crippen molar-refractivity contribution in [2.24, 2.45) is 0 Å². The molecule has 0 heterocycles. The van der Waals surface area contributed by atoms with E-state index in [-0.39, 0.29) is 24.5 Å². The minimum Gasteiger partial charge on any atom is -0.497 e. The smallest absolute Gasteiger partial charge is 0.261 e. The summed E-state index contributed by atoms with van der Waals surface area (Å²) >= 11 is 3.57. The van der Waals surface area contributed by atoms with Crippen LogP contribution in [-0.4, -0.2) is 42.5 Å². The molecule has 1 aliphatic carbocycles. The molecule has 6 nitrogen and oxygen atoms in total. The highest BCUT2D eigenvalue weighted by atomic mass is 79.9. The summed E-state index contributed by atoms with van der Waals surface area (Å²) < 4.78 is 12.0. The van der Waals surface area contributed by atoms with Crippen LogP contribution in [0.25, 0.3) is 0 Å². The van der Waals surface area contributed by atoms with Gasteiger partial charge in [0, 0.05) is 12.6 Å². The molecule has 196 valence electrons. The highest BCUT2D eigenvalue weighted by Crippen LogP contribution is 2.29. The predicted molar refractivity (Wildman–Crippen MR) is 146 cm³/mol. The van der Waals surface area contributed by atoms with Crippen molar-refractivity contribution in [3.8, 4) is 11.5 Å². The van der Waals surface area contributed by atoms with Crippen molar-refractivity contribution in [1.82, 2.24) is 10.2 Å². The second-order valence-corrected chi connectivity index (χ2v) is 10.6. The van der Waals surface area contributed by atoms with E-state index in [2.05, 4.69) is 35.1 Å². The highest BCUT2D eigenvalue weighted by molar-refractivity contribution is 9.10. The lowest BCUT2D eigenvalue weighted by Gasteiger charge is -2.32. The van der Waals surface area contributed by atoms with Gasteiger partial charge in [-0.2, -0.15) is 0 Å². The van der Waals surface area contributed by atoms with Gasteiger partial charge in [0.15, 0.2) is 6.61 Å². The average Bonchev–Trinajstić information content (AvgIpc) is 2.88. The lowest BCUT2D eigenvalue weighted by atomic mass is 9.95. The molecule has 1 aliphatic rings. The molecule has 2 amide bonds. The Balaban J connectivity index is 1.77. The molecule has 1 saturated carbocycles. The zero-order valence-corrected chi connectivity index (χ0v) is 23.5. The monoisotopic (exact) mass is 558 g/mol. The van der Waals surface area contributed by atoms with E-state index < -0.39 is 6.04 Å². The normalized spacial score (nSPS) is 14.8. The fourth-order valence-corrected chi connectivity index (χ4v) is 5.12. The van der Waals surface area contributed by atoms with E-state index in [0.717, 1.165) is 41.5 Å². The molecule has 1 fully saturated rings. The van der Waals surface area contributed by atoms with Gasteiger partial charge in [0.1, 0.15) is 17.5 Å². The predicted octanol–water partition coefficient (Wildman–Crippen LogP) is 6.22. The van der Waals surface area contributed by atoms with E-state index >= 15 is 0 Å². The first-order valence-electron chi connectivity index (χ1n) is 13.0. The summed E-state index contributed by atoms with van der Waals surface area (Å²) in [5, 5.41) is 3.21. The molecule has 36 heavy (non-hydrogen) atoms. The van der Waals surface area contributed by atoms with Crippen molar-refractivity contribution in [2.45, 2.75) is 83.8 Å². The number of benzene rings is 2. The number of rotatable bonds is 11. The van der Waals surface area contributed by atoms with Gasteiger partial charge in [-0.05, 0) is 76.5 Å². The van der Waals surface area contributed by atoms with Gasteiger partial charge < -0.3 is 19.7 Å². The van der Waals surface area contributed by atoms with Gasteiger partial charge in [0.2, 0.25) is 5.91 Å². The first-order valence-corrected chi connectivity index (χ1v) is 13.8. The average molecular weight is 560 g/mol. The van der Waals surface area contributed by atoms with Gasteiger partial charge in [-0.1, -0.05) is 58.2 Å². The molecule has 3 rings (SSSR count). The number of nitrogens with zero attached hydrogens (tertiary/aromatic N) is 1. The lowest BCUT2D eigenvalue weighted by Crippen LogP contribution is -2.52. The molecule has 0 bridgehead atoms. The van der Waals surface area contributed by atoms with Crippen LogP contribution >= 0.6 is 15.9 Å². The molecular formula is C29H39BrN2O4. The number of halogens is 1. The first kappa shape index (κ1) is 28.0. The van der Waals surface area contributed by atoms with Crippen molar-refractivity contribution >= 4 is 27.7 Å². The van der Waals surface area contributed by atoms with Crippen LogP contribution in [0.1, 0.15) is 76.3 Å². The van der Waals surface area contributed by atoms with Crippen molar-refractivity contribution in [3.63, 3.8) is 0 Å². The second-order valence-electron chi connectivity index (χ2n) is 9.77. The standard InChI is InChI=1S/C29H39BrN2O4/c1-5-26(29(34)31-23-9-7-6-8-10-23)32(18-21-11-14-24(35-4)15-12-21)28(33)19-36-27-16-13-22(20(2)3)17-25(27)30/h11-17,20,23,26H,5-10,18-19H2,1-4H3,(H,31,34)/t26-/m1/s1. The number of methoxy groups -OCH3 is 1. The van der Waals surface area contributed by atoms with Crippen molar-refractivity contribution < 1.29 is 19.1 Å². The number of amides is 2. The van der Waals surface area contributed by atoms with Crippen molar-refractivity contribution in [1.29, 1.82) is 0 Å². The molecule has 2 aromatic rings. The molecule has 0 radical (unpaired) electrons. The Bertz CT molecular complexity index is 1000. The molecule has 0 aromatic heterocycles. The van der Waals surface area contributed by atoms with Crippen LogP contribution in [0, 0.1) is 0 Å². The van der Waals surface area contributed by atoms with Gasteiger partial charge in [0.05, 0.1) is 11.6 Å². The number of hydrogen-bond acceptors (Lipinski definition) is 4. The Kier molecular flexibility index (Phi) is 10.7. The van der Waals surface area contributed by atoms with Gasteiger partial charge >= 0.3 is 0 Å². The van der Waals surface area contributed by atoms with E-state index in [1.807, 2.05) is 49.4 Å². The van der Waals surface area contributed by atoms with Crippen molar-refractivity contribution in [2.75, 3.05) is 13.7 Å². The van der Waals surface area contributed by atoms with Gasteiger partial charge in [-0.25, -0.2) is 0 Å². The largest absolute Gasteiger partial charge is 0.497 e. The number of hydrogen-bond donors (Lipinski definition) is 1. The molecule has 0 unspecified atom stereocenters. The van der Waals surface area contributed by atoms with Crippen LogP contribution in [0.5, 0.6) is 11.5 Å². The molecule has 1 atom stereocenters. The van der Waals surface area contributed by atoms with Gasteiger partial charge in [0.25, 0.3) is 5.91 Å². The van der Waals surface area contributed by atoms with Crippen LogP contribution < -0.4 is 14.8 Å². The fraction of sp³-hybridized carbons (Fsp3) is 0.517. The van der Waals surface area contributed by atoms with Gasteiger partial charge in [-0.15, -0.1) is 0 Å². The zero-order valence-electron chi connectivity index (χ0n) is 21.9. The number of carbonyl (C=O) groups excluding carboxylic acids is 2. The van der Waals surface area contributed by atoms with Crippen LogP contribution in [0.3, 0.4) is 0 Å². The summed E-state index contributed by atoms with van der Waals surface area (Å²) in [6.07, 6.45) is 6.00. The molecule has 2 aromatic carbocycles. The lowest BCUT2D eigenvalue weighted by molar-refractivity contribution is -0.143. The van der Waals surface area contributed by atoms with E-state index in [0.29, 0.717) is 24.6 Å². The molecule has 1 N–H and O–H groups in total. The third-order valence-corrected chi connectivity index (χ3v) is 7.44. The second kappa shape index (κ2) is 13.7. The van der Waals surface area contributed by atoms with E-state index in [1.165, 1.54) is 12.0 Å². The molecule has 0 saturated heterocycles. The summed E-state index contributed by atoms with van der Waals surface area (Å²) in [4.78, 5) is 28.5. The van der Waals surface area contributed by atoms with Gasteiger partial charge in [-0.3, -0.25) is 9.59 Å². The molecule has 7 heteroatoms. The third kappa shape index (κ3) is 7.73. The summed E-state index contributed by atoms with van der Waals surface area (Å²) in [7, 11) is 1.62. The van der Waals surface area contributed by atoms with Crippen LogP contribution in [-0.2, 0) is 16.1 Å². The van der Waals surface area contributed by atoms with Crippen LogP contribution in [0.4, 0.5) is 0 Å². The fourth-order valence-electron chi connectivity index (χ4n) is 4.61. The molecular weight excluding hydrogens is 520 g/mol. The Morgan fingerprint density at radius 1 is 1.08 bits per heavy atom. The Morgan fingerprint density at radius 3 is 2.36 bits per heavy atom.